The van der Waals surface area contributed by atoms with Gasteiger partial charge in [-0.1, -0.05) is 30.3 Å². The lowest BCUT2D eigenvalue weighted by Gasteiger charge is -2.20. The number of hydrogen-bond acceptors (Lipinski definition) is 3. The molecule has 0 aliphatic carbocycles. The van der Waals surface area contributed by atoms with Crippen LogP contribution in [0.15, 0.2) is 54.6 Å². The Balaban J connectivity index is 1.76. The minimum atomic E-state index is 0.00362. The van der Waals surface area contributed by atoms with Gasteiger partial charge >= 0.3 is 0 Å². The van der Waals surface area contributed by atoms with Gasteiger partial charge in [0.1, 0.15) is 4.83 Å². The maximum absolute atomic E-state index is 13.1. The number of para-hydroxylation sites is 1. The van der Waals surface area contributed by atoms with Gasteiger partial charge in [-0.05, 0) is 56.2 Å². The van der Waals surface area contributed by atoms with E-state index in [1.807, 2.05) is 67.2 Å². The second-order valence-electron chi connectivity index (χ2n) is 6.75. The third kappa shape index (κ3) is 2.94. The van der Waals surface area contributed by atoms with Crippen molar-refractivity contribution >= 4 is 33.1 Å². The molecule has 4 nitrogen and oxygen atoms in total. The minimum absolute atomic E-state index is 0.00362. The summed E-state index contributed by atoms with van der Waals surface area (Å²) in [6, 6.07) is 18.0. The number of rotatable bonds is 3. The van der Waals surface area contributed by atoms with Crippen molar-refractivity contribution in [3.8, 4) is 5.69 Å². The second kappa shape index (κ2) is 6.67. The Hall–Kier alpha value is -2.92. The Labute approximate surface area is 162 Å². The van der Waals surface area contributed by atoms with Crippen molar-refractivity contribution in [3.63, 3.8) is 0 Å². The Morgan fingerprint density at radius 2 is 1.78 bits per heavy atom. The van der Waals surface area contributed by atoms with Gasteiger partial charge in [0.15, 0.2) is 0 Å². The molecule has 0 unspecified atom stereocenters. The first kappa shape index (κ1) is 17.5. The number of thiophene rings is 1. The Bertz CT molecular complexity index is 1140. The molecule has 0 bridgehead atoms. The molecule has 1 amide bonds. The fourth-order valence-electron chi connectivity index (χ4n) is 3.27. The fraction of sp³-hybridized carbons (Fsp3) is 0.182. The summed E-state index contributed by atoms with van der Waals surface area (Å²) in [7, 11) is 1.84. The smallest absolute Gasteiger partial charge is 0.268 e. The summed E-state index contributed by atoms with van der Waals surface area (Å²) in [6.45, 7) is 6.10. The number of fused-ring (bicyclic) bond motifs is 1. The van der Waals surface area contributed by atoms with Gasteiger partial charge in [0.05, 0.1) is 16.3 Å². The summed E-state index contributed by atoms with van der Waals surface area (Å²) in [5.41, 5.74) is 5.18. The van der Waals surface area contributed by atoms with E-state index in [1.54, 1.807) is 4.90 Å². The molecule has 136 valence electrons. The average Bonchev–Trinajstić information content (AvgIpc) is 3.24. The first-order chi connectivity index (χ1) is 13.0. The van der Waals surface area contributed by atoms with Crippen molar-refractivity contribution in [1.82, 2.24) is 9.78 Å². The number of amides is 1. The normalized spacial score (nSPS) is 11.1. The van der Waals surface area contributed by atoms with Gasteiger partial charge in [0.2, 0.25) is 0 Å². The quantitative estimate of drug-likeness (QED) is 0.488. The standard InChI is InChI=1S/C22H21N3OS/c1-14-9-8-12-19(15(14)2)24(4)21(26)20-13-18-16(3)23-25(22(18)27-20)17-10-6-5-7-11-17/h5-13H,1-4H3. The third-order valence-corrected chi connectivity index (χ3v) is 6.10. The van der Waals surface area contributed by atoms with Crippen LogP contribution in [-0.2, 0) is 0 Å². The molecule has 2 aromatic carbocycles. The molecular weight excluding hydrogens is 354 g/mol. The van der Waals surface area contributed by atoms with E-state index in [2.05, 4.69) is 25.0 Å². The summed E-state index contributed by atoms with van der Waals surface area (Å²) in [5.74, 6) is 0.00362. The van der Waals surface area contributed by atoms with E-state index in [-0.39, 0.29) is 5.91 Å². The average molecular weight is 375 g/mol. The highest BCUT2D eigenvalue weighted by Crippen LogP contribution is 2.32. The van der Waals surface area contributed by atoms with Crippen LogP contribution in [-0.4, -0.2) is 22.7 Å². The van der Waals surface area contributed by atoms with Crippen molar-refractivity contribution in [2.24, 2.45) is 0 Å². The van der Waals surface area contributed by atoms with Gasteiger partial charge < -0.3 is 4.90 Å². The van der Waals surface area contributed by atoms with Crippen molar-refractivity contribution in [1.29, 1.82) is 0 Å². The van der Waals surface area contributed by atoms with Crippen molar-refractivity contribution in [2.45, 2.75) is 20.8 Å². The Morgan fingerprint density at radius 3 is 2.52 bits per heavy atom. The molecule has 4 aromatic rings. The van der Waals surface area contributed by atoms with Crippen LogP contribution >= 0.6 is 11.3 Å². The van der Waals surface area contributed by atoms with Gasteiger partial charge in [-0.25, -0.2) is 4.68 Å². The van der Waals surface area contributed by atoms with E-state index >= 15 is 0 Å². The molecule has 0 saturated heterocycles. The molecule has 4 rings (SSSR count). The zero-order valence-electron chi connectivity index (χ0n) is 15.9. The molecule has 27 heavy (non-hydrogen) atoms. The summed E-state index contributed by atoms with van der Waals surface area (Å²) >= 11 is 1.49. The molecule has 2 aromatic heterocycles. The maximum Gasteiger partial charge on any atom is 0.268 e. The van der Waals surface area contributed by atoms with Gasteiger partial charge in [-0.3, -0.25) is 4.79 Å². The number of benzene rings is 2. The number of aryl methyl sites for hydroxylation is 2. The second-order valence-corrected chi connectivity index (χ2v) is 7.78. The van der Waals surface area contributed by atoms with Crippen molar-refractivity contribution in [3.05, 3.63) is 76.3 Å². The summed E-state index contributed by atoms with van der Waals surface area (Å²) in [6.07, 6.45) is 0. The molecule has 0 aliphatic heterocycles. The van der Waals surface area contributed by atoms with Crippen LogP contribution in [0.2, 0.25) is 0 Å². The summed E-state index contributed by atoms with van der Waals surface area (Å²) in [4.78, 5) is 16.6. The van der Waals surface area contributed by atoms with Crippen LogP contribution in [0.1, 0.15) is 26.5 Å². The van der Waals surface area contributed by atoms with E-state index in [0.29, 0.717) is 0 Å². The van der Waals surface area contributed by atoms with Crippen LogP contribution in [0.25, 0.3) is 15.9 Å². The molecule has 0 N–H and O–H groups in total. The highest BCUT2D eigenvalue weighted by atomic mass is 32.1. The molecule has 0 radical (unpaired) electrons. The largest absolute Gasteiger partial charge is 0.310 e. The fourth-order valence-corrected chi connectivity index (χ4v) is 4.43. The Morgan fingerprint density at radius 1 is 1.04 bits per heavy atom. The van der Waals surface area contributed by atoms with Crippen LogP contribution in [0, 0.1) is 20.8 Å². The van der Waals surface area contributed by atoms with E-state index in [1.165, 1.54) is 16.9 Å². The van der Waals surface area contributed by atoms with Crippen LogP contribution in [0.4, 0.5) is 5.69 Å². The van der Waals surface area contributed by atoms with Crippen molar-refractivity contribution < 1.29 is 4.79 Å². The summed E-state index contributed by atoms with van der Waals surface area (Å²) < 4.78 is 1.92. The van der Waals surface area contributed by atoms with Crippen LogP contribution in [0.5, 0.6) is 0 Å². The lowest BCUT2D eigenvalue weighted by molar-refractivity contribution is 0.0997. The predicted octanol–water partition coefficient (Wildman–Crippen LogP) is 5.29. The van der Waals surface area contributed by atoms with Gasteiger partial charge in [-0.15, -0.1) is 11.3 Å². The van der Waals surface area contributed by atoms with Crippen LogP contribution < -0.4 is 4.90 Å². The molecule has 5 heteroatoms. The SMILES string of the molecule is Cc1cccc(N(C)C(=O)c2cc3c(C)nn(-c4ccccc4)c3s2)c1C. The molecular formula is C22H21N3OS. The van der Waals surface area contributed by atoms with E-state index in [0.717, 1.165) is 37.7 Å². The van der Waals surface area contributed by atoms with E-state index in [4.69, 9.17) is 0 Å². The predicted molar refractivity (Wildman–Crippen MR) is 112 cm³/mol. The molecule has 0 aliphatic rings. The zero-order chi connectivity index (χ0) is 19.1. The number of carbonyl (C=O) groups excluding carboxylic acids is 1. The van der Waals surface area contributed by atoms with Gasteiger partial charge in [0, 0.05) is 18.1 Å². The lowest BCUT2D eigenvalue weighted by Crippen LogP contribution is -2.26. The monoisotopic (exact) mass is 375 g/mol. The topological polar surface area (TPSA) is 38.1 Å². The molecule has 2 heterocycles. The molecule has 0 saturated carbocycles. The highest BCUT2D eigenvalue weighted by molar-refractivity contribution is 7.20. The number of hydrogen-bond donors (Lipinski definition) is 0. The number of carbonyl (C=O) groups is 1. The first-order valence-electron chi connectivity index (χ1n) is 8.86. The Kier molecular flexibility index (Phi) is 4.32. The molecule has 0 spiro atoms. The molecule has 0 atom stereocenters. The third-order valence-electron chi connectivity index (χ3n) is 5.00. The van der Waals surface area contributed by atoms with Gasteiger partial charge in [0.25, 0.3) is 5.91 Å². The lowest BCUT2D eigenvalue weighted by atomic mass is 10.1. The van der Waals surface area contributed by atoms with Gasteiger partial charge in [-0.2, -0.15) is 5.10 Å². The maximum atomic E-state index is 13.1. The van der Waals surface area contributed by atoms with Crippen LogP contribution in [0.3, 0.4) is 0 Å². The zero-order valence-corrected chi connectivity index (χ0v) is 16.7. The van der Waals surface area contributed by atoms with E-state index < -0.39 is 0 Å². The number of aromatic nitrogens is 2. The molecule has 0 fully saturated rings. The van der Waals surface area contributed by atoms with Crippen molar-refractivity contribution in [2.75, 3.05) is 11.9 Å². The minimum Gasteiger partial charge on any atom is -0.310 e. The number of nitrogens with zero attached hydrogens (tertiary/aromatic N) is 3. The van der Waals surface area contributed by atoms with E-state index in [9.17, 15) is 4.79 Å². The number of anilines is 1. The first-order valence-corrected chi connectivity index (χ1v) is 9.68. The summed E-state index contributed by atoms with van der Waals surface area (Å²) in [5, 5.41) is 5.68. The highest BCUT2D eigenvalue weighted by Gasteiger charge is 2.21.